The van der Waals surface area contributed by atoms with Crippen LogP contribution in [0.25, 0.3) is 10.8 Å². The van der Waals surface area contributed by atoms with Crippen LogP contribution in [-0.4, -0.2) is 26.3 Å². The van der Waals surface area contributed by atoms with Crippen LogP contribution in [0.15, 0.2) is 36.4 Å². The average molecular weight is 316 g/mol. The van der Waals surface area contributed by atoms with E-state index in [0.717, 1.165) is 48.0 Å². The van der Waals surface area contributed by atoms with Gasteiger partial charge < -0.3 is 14.2 Å². The number of fused-ring (bicyclic) bond motifs is 1. The number of unbranched alkanes of at least 4 members (excludes halogenated alkanes) is 3. The molecule has 0 atom stereocenters. The second-order valence-electron chi connectivity index (χ2n) is 5.33. The molecular formula is C19H24O4. The highest BCUT2D eigenvalue weighted by molar-refractivity contribution is 5.85. The minimum atomic E-state index is 0.500. The van der Waals surface area contributed by atoms with Crippen LogP contribution in [0, 0.1) is 0 Å². The topological polar surface area (TPSA) is 44.8 Å². The van der Waals surface area contributed by atoms with Crippen molar-refractivity contribution < 1.29 is 19.0 Å². The van der Waals surface area contributed by atoms with Crippen LogP contribution in [0.4, 0.5) is 0 Å². The van der Waals surface area contributed by atoms with Crippen LogP contribution in [0.5, 0.6) is 11.5 Å². The van der Waals surface area contributed by atoms with Crippen molar-refractivity contribution in [3.05, 3.63) is 36.4 Å². The van der Waals surface area contributed by atoms with Gasteiger partial charge in [0.15, 0.2) is 0 Å². The minimum Gasteiger partial charge on any atom is -0.494 e. The van der Waals surface area contributed by atoms with Gasteiger partial charge in [-0.2, -0.15) is 0 Å². The first-order valence-corrected chi connectivity index (χ1v) is 8.18. The van der Waals surface area contributed by atoms with Crippen molar-refractivity contribution in [3.63, 3.8) is 0 Å². The average Bonchev–Trinajstić information content (AvgIpc) is 2.57. The Labute approximate surface area is 137 Å². The van der Waals surface area contributed by atoms with Crippen molar-refractivity contribution in [2.45, 2.75) is 32.6 Å². The van der Waals surface area contributed by atoms with E-state index in [0.29, 0.717) is 26.3 Å². The second-order valence-corrected chi connectivity index (χ2v) is 5.33. The fraction of sp³-hybridized carbons (Fsp3) is 0.421. The smallest absolute Gasteiger partial charge is 0.293 e. The zero-order chi connectivity index (χ0) is 16.3. The third kappa shape index (κ3) is 5.81. The molecule has 2 aromatic rings. The Morgan fingerprint density at radius 3 is 2.04 bits per heavy atom. The summed E-state index contributed by atoms with van der Waals surface area (Å²) in [7, 11) is 0. The number of carbonyl (C=O) groups is 1. The zero-order valence-electron chi connectivity index (χ0n) is 13.6. The van der Waals surface area contributed by atoms with E-state index in [2.05, 4.69) is 22.9 Å². The summed E-state index contributed by atoms with van der Waals surface area (Å²) in [5.74, 6) is 1.79. The Bertz CT molecular complexity index is 609. The molecule has 0 aromatic heterocycles. The SMILES string of the molecule is CCOc1ccc2cc(OCCCCCCOC=O)ccc2c1. The van der Waals surface area contributed by atoms with E-state index in [1.165, 1.54) is 0 Å². The number of hydrogen-bond donors (Lipinski definition) is 0. The molecule has 0 aliphatic rings. The van der Waals surface area contributed by atoms with Crippen LogP contribution in [-0.2, 0) is 9.53 Å². The second kappa shape index (κ2) is 9.72. The molecule has 124 valence electrons. The lowest BCUT2D eigenvalue weighted by Crippen LogP contribution is -1.98. The van der Waals surface area contributed by atoms with E-state index in [1.54, 1.807) is 0 Å². The molecule has 2 aromatic carbocycles. The molecule has 0 aliphatic carbocycles. The molecule has 0 saturated heterocycles. The first kappa shape index (κ1) is 17.1. The summed E-state index contributed by atoms with van der Waals surface area (Å²) in [6.07, 6.45) is 4.04. The molecule has 2 rings (SSSR count). The lowest BCUT2D eigenvalue weighted by Gasteiger charge is -2.09. The van der Waals surface area contributed by atoms with Crippen molar-refractivity contribution in [2.24, 2.45) is 0 Å². The van der Waals surface area contributed by atoms with Crippen LogP contribution < -0.4 is 9.47 Å². The Kier molecular flexibility index (Phi) is 7.24. The molecule has 23 heavy (non-hydrogen) atoms. The highest BCUT2D eigenvalue weighted by Gasteiger charge is 2.00. The van der Waals surface area contributed by atoms with Crippen molar-refractivity contribution in [1.82, 2.24) is 0 Å². The Morgan fingerprint density at radius 2 is 1.43 bits per heavy atom. The maximum Gasteiger partial charge on any atom is 0.293 e. The van der Waals surface area contributed by atoms with Crippen molar-refractivity contribution >= 4 is 17.2 Å². The molecule has 0 N–H and O–H groups in total. The number of carbonyl (C=O) groups excluding carboxylic acids is 1. The van der Waals surface area contributed by atoms with E-state index in [9.17, 15) is 4.79 Å². The van der Waals surface area contributed by atoms with Gasteiger partial charge in [0.2, 0.25) is 0 Å². The van der Waals surface area contributed by atoms with E-state index < -0.39 is 0 Å². The van der Waals surface area contributed by atoms with Gasteiger partial charge in [-0.05, 0) is 67.6 Å². The lowest BCUT2D eigenvalue weighted by atomic mass is 10.1. The molecule has 4 heteroatoms. The highest BCUT2D eigenvalue weighted by atomic mass is 16.5. The minimum absolute atomic E-state index is 0.500. The molecule has 0 saturated carbocycles. The van der Waals surface area contributed by atoms with Gasteiger partial charge >= 0.3 is 0 Å². The standard InChI is InChI=1S/C19H24O4/c1-2-22-18-9-7-17-14-19(10-8-16(17)13-18)23-12-6-4-3-5-11-21-15-20/h7-10,13-15H,2-6,11-12H2,1H3. The molecule has 0 heterocycles. The summed E-state index contributed by atoms with van der Waals surface area (Å²) in [5, 5.41) is 2.30. The first-order valence-electron chi connectivity index (χ1n) is 8.18. The Hall–Kier alpha value is -2.23. The Balaban J connectivity index is 1.75. The van der Waals surface area contributed by atoms with Crippen LogP contribution in [0.1, 0.15) is 32.6 Å². The summed E-state index contributed by atoms with van der Waals surface area (Å²) in [5.41, 5.74) is 0. The van der Waals surface area contributed by atoms with Crippen LogP contribution in [0.2, 0.25) is 0 Å². The molecule has 0 spiro atoms. The first-order chi connectivity index (χ1) is 11.3. The normalized spacial score (nSPS) is 10.5. The molecule has 0 amide bonds. The highest BCUT2D eigenvalue weighted by Crippen LogP contribution is 2.25. The van der Waals surface area contributed by atoms with Gasteiger partial charge in [-0.3, -0.25) is 4.79 Å². The van der Waals surface area contributed by atoms with E-state index in [1.807, 2.05) is 25.1 Å². The zero-order valence-corrected chi connectivity index (χ0v) is 13.6. The van der Waals surface area contributed by atoms with Gasteiger partial charge in [0.1, 0.15) is 11.5 Å². The summed E-state index contributed by atoms with van der Waals surface area (Å²) >= 11 is 0. The molecule has 0 unspecified atom stereocenters. The van der Waals surface area contributed by atoms with Crippen molar-refractivity contribution in [3.8, 4) is 11.5 Å². The maximum atomic E-state index is 9.99. The third-order valence-electron chi connectivity index (χ3n) is 3.59. The van der Waals surface area contributed by atoms with E-state index >= 15 is 0 Å². The summed E-state index contributed by atoms with van der Waals surface area (Å²) < 4.78 is 16.0. The predicted molar refractivity (Wildman–Crippen MR) is 91.1 cm³/mol. The number of benzene rings is 2. The predicted octanol–water partition coefficient (Wildman–Crippen LogP) is 4.35. The Morgan fingerprint density at radius 1 is 0.826 bits per heavy atom. The van der Waals surface area contributed by atoms with Gasteiger partial charge in [0, 0.05) is 0 Å². The molecular weight excluding hydrogens is 292 g/mol. The monoisotopic (exact) mass is 316 g/mol. The largest absolute Gasteiger partial charge is 0.494 e. The number of hydrogen-bond acceptors (Lipinski definition) is 4. The summed E-state index contributed by atoms with van der Waals surface area (Å²) in [6, 6.07) is 12.2. The molecule has 0 aliphatic heterocycles. The van der Waals surface area contributed by atoms with Crippen LogP contribution >= 0.6 is 0 Å². The third-order valence-corrected chi connectivity index (χ3v) is 3.59. The fourth-order valence-electron chi connectivity index (χ4n) is 2.43. The van der Waals surface area contributed by atoms with Crippen LogP contribution in [0.3, 0.4) is 0 Å². The number of ether oxygens (including phenoxy) is 3. The quantitative estimate of drug-likeness (QED) is 0.456. The molecule has 0 fully saturated rings. The molecule has 0 radical (unpaired) electrons. The van der Waals surface area contributed by atoms with Crippen molar-refractivity contribution in [1.29, 1.82) is 0 Å². The summed E-state index contributed by atoms with van der Waals surface area (Å²) in [6.45, 7) is 4.38. The summed E-state index contributed by atoms with van der Waals surface area (Å²) in [4.78, 5) is 9.99. The molecule has 4 nitrogen and oxygen atoms in total. The fourth-order valence-corrected chi connectivity index (χ4v) is 2.43. The number of rotatable bonds is 11. The van der Waals surface area contributed by atoms with E-state index in [4.69, 9.17) is 9.47 Å². The van der Waals surface area contributed by atoms with Gasteiger partial charge in [-0.1, -0.05) is 12.1 Å². The van der Waals surface area contributed by atoms with Gasteiger partial charge in [0.25, 0.3) is 6.47 Å². The van der Waals surface area contributed by atoms with Gasteiger partial charge in [-0.25, -0.2) is 0 Å². The van der Waals surface area contributed by atoms with Gasteiger partial charge in [0.05, 0.1) is 19.8 Å². The maximum absolute atomic E-state index is 9.99. The van der Waals surface area contributed by atoms with Gasteiger partial charge in [-0.15, -0.1) is 0 Å². The molecule has 0 bridgehead atoms. The van der Waals surface area contributed by atoms with E-state index in [-0.39, 0.29) is 0 Å². The van der Waals surface area contributed by atoms with Crippen molar-refractivity contribution in [2.75, 3.05) is 19.8 Å². The lowest BCUT2D eigenvalue weighted by molar-refractivity contribution is -0.128.